The van der Waals surface area contributed by atoms with E-state index in [9.17, 15) is 0 Å². The first-order valence-electron chi connectivity index (χ1n) is 6.21. The van der Waals surface area contributed by atoms with Crippen LogP contribution in [-0.4, -0.2) is 16.5 Å². The van der Waals surface area contributed by atoms with Crippen LogP contribution >= 0.6 is 11.8 Å². The number of rotatable bonds is 3. The van der Waals surface area contributed by atoms with Crippen LogP contribution in [0.2, 0.25) is 0 Å². The summed E-state index contributed by atoms with van der Waals surface area (Å²) in [6.45, 7) is 5.29. The second kappa shape index (κ2) is 5.58. The maximum Gasteiger partial charge on any atom is 0.157 e. The summed E-state index contributed by atoms with van der Waals surface area (Å²) < 4.78 is 0. The Morgan fingerprint density at radius 1 is 1.35 bits per heavy atom. The van der Waals surface area contributed by atoms with Gasteiger partial charge in [-0.1, -0.05) is 49.0 Å². The van der Waals surface area contributed by atoms with Crippen molar-refractivity contribution >= 4 is 16.9 Å². The molecule has 1 aromatic carbocycles. The standard InChI is InChI=1S/C14H20N2S/c1-3-14(2)9-10-17-13(16-14)15-11-12-7-5-4-6-8-12/h4-8H,3,9-11H2,1-2H3,(H,15,16). The molecule has 1 fully saturated rings. The third-order valence-corrected chi connectivity index (χ3v) is 4.24. The Labute approximate surface area is 108 Å². The van der Waals surface area contributed by atoms with Crippen LogP contribution in [0.3, 0.4) is 0 Å². The van der Waals surface area contributed by atoms with E-state index in [4.69, 9.17) is 0 Å². The minimum Gasteiger partial charge on any atom is -0.360 e. The molecule has 1 saturated heterocycles. The number of amidine groups is 1. The van der Waals surface area contributed by atoms with Gasteiger partial charge in [-0.05, 0) is 25.3 Å². The SMILES string of the molecule is CCC1(C)CCSC(=NCc2ccccc2)N1. The second-order valence-corrected chi connectivity index (χ2v) is 5.83. The van der Waals surface area contributed by atoms with E-state index in [0.717, 1.165) is 18.1 Å². The highest BCUT2D eigenvalue weighted by Gasteiger charge is 2.27. The summed E-state index contributed by atoms with van der Waals surface area (Å²) in [5.74, 6) is 1.17. The normalized spacial score (nSPS) is 26.8. The van der Waals surface area contributed by atoms with E-state index >= 15 is 0 Å². The van der Waals surface area contributed by atoms with E-state index in [1.807, 2.05) is 17.8 Å². The minimum atomic E-state index is 0.237. The van der Waals surface area contributed by atoms with Gasteiger partial charge in [-0.3, -0.25) is 4.99 Å². The van der Waals surface area contributed by atoms with E-state index in [2.05, 4.69) is 48.4 Å². The Bertz CT molecular complexity index is 388. The quantitative estimate of drug-likeness (QED) is 0.886. The van der Waals surface area contributed by atoms with Crippen LogP contribution in [0.15, 0.2) is 35.3 Å². The van der Waals surface area contributed by atoms with Gasteiger partial charge in [0.05, 0.1) is 6.54 Å². The van der Waals surface area contributed by atoms with Gasteiger partial charge >= 0.3 is 0 Å². The summed E-state index contributed by atoms with van der Waals surface area (Å²) in [7, 11) is 0. The van der Waals surface area contributed by atoms with E-state index in [0.29, 0.717) is 0 Å². The van der Waals surface area contributed by atoms with Gasteiger partial charge in [0.1, 0.15) is 0 Å². The van der Waals surface area contributed by atoms with Crippen LogP contribution in [0.25, 0.3) is 0 Å². The third-order valence-electron chi connectivity index (χ3n) is 3.33. The fourth-order valence-corrected chi connectivity index (χ4v) is 3.05. The van der Waals surface area contributed by atoms with Crippen molar-refractivity contribution in [3.63, 3.8) is 0 Å². The minimum absolute atomic E-state index is 0.237. The lowest BCUT2D eigenvalue weighted by Gasteiger charge is -2.35. The molecule has 1 aliphatic heterocycles. The largest absolute Gasteiger partial charge is 0.360 e. The molecule has 1 heterocycles. The van der Waals surface area contributed by atoms with Gasteiger partial charge in [-0.25, -0.2) is 0 Å². The molecule has 0 aliphatic carbocycles. The molecule has 1 aliphatic rings. The van der Waals surface area contributed by atoms with E-state index in [1.54, 1.807) is 0 Å². The first-order valence-corrected chi connectivity index (χ1v) is 7.20. The van der Waals surface area contributed by atoms with Crippen LogP contribution in [0.5, 0.6) is 0 Å². The number of aliphatic imine (C=N–C) groups is 1. The Hall–Kier alpha value is -0.960. The molecule has 17 heavy (non-hydrogen) atoms. The summed E-state index contributed by atoms with van der Waals surface area (Å²) in [6.07, 6.45) is 2.37. The summed E-state index contributed by atoms with van der Waals surface area (Å²) in [6, 6.07) is 10.4. The van der Waals surface area contributed by atoms with Crippen molar-refractivity contribution in [2.24, 2.45) is 4.99 Å². The van der Waals surface area contributed by atoms with Crippen molar-refractivity contribution in [3.8, 4) is 0 Å². The number of thioether (sulfide) groups is 1. The van der Waals surface area contributed by atoms with Gasteiger partial charge in [0.25, 0.3) is 0 Å². The summed E-state index contributed by atoms with van der Waals surface area (Å²) in [4.78, 5) is 4.67. The number of hydrogen-bond donors (Lipinski definition) is 1. The molecule has 0 aromatic heterocycles. The smallest absolute Gasteiger partial charge is 0.157 e. The topological polar surface area (TPSA) is 24.4 Å². The van der Waals surface area contributed by atoms with Crippen molar-refractivity contribution in [2.75, 3.05) is 5.75 Å². The first kappa shape index (κ1) is 12.5. The van der Waals surface area contributed by atoms with Crippen LogP contribution in [0.1, 0.15) is 32.3 Å². The Morgan fingerprint density at radius 2 is 2.12 bits per heavy atom. The van der Waals surface area contributed by atoms with Crippen molar-refractivity contribution in [2.45, 2.75) is 38.8 Å². The lowest BCUT2D eigenvalue weighted by atomic mass is 9.96. The van der Waals surface area contributed by atoms with Gasteiger partial charge in [0.15, 0.2) is 5.17 Å². The second-order valence-electron chi connectivity index (χ2n) is 4.74. The highest BCUT2D eigenvalue weighted by atomic mass is 32.2. The van der Waals surface area contributed by atoms with Gasteiger partial charge in [-0.2, -0.15) is 0 Å². The maximum atomic E-state index is 4.67. The van der Waals surface area contributed by atoms with E-state index in [1.165, 1.54) is 17.7 Å². The Morgan fingerprint density at radius 3 is 2.82 bits per heavy atom. The first-order chi connectivity index (χ1) is 8.22. The van der Waals surface area contributed by atoms with Gasteiger partial charge in [0, 0.05) is 11.3 Å². The molecular weight excluding hydrogens is 228 g/mol. The monoisotopic (exact) mass is 248 g/mol. The third kappa shape index (κ3) is 3.50. The zero-order valence-corrected chi connectivity index (χ0v) is 11.4. The number of hydrogen-bond acceptors (Lipinski definition) is 2. The van der Waals surface area contributed by atoms with Gasteiger partial charge in [-0.15, -0.1) is 0 Å². The predicted octanol–water partition coefficient (Wildman–Crippen LogP) is 3.44. The molecule has 1 aromatic rings. The zero-order valence-electron chi connectivity index (χ0n) is 10.6. The maximum absolute atomic E-state index is 4.67. The molecule has 0 spiro atoms. The van der Waals surface area contributed by atoms with E-state index < -0.39 is 0 Å². The fraction of sp³-hybridized carbons (Fsp3) is 0.500. The van der Waals surface area contributed by atoms with Crippen molar-refractivity contribution in [1.29, 1.82) is 0 Å². The summed E-state index contributed by atoms with van der Waals surface area (Å²) in [5, 5.41) is 4.66. The van der Waals surface area contributed by atoms with Gasteiger partial charge in [0.2, 0.25) is 0 Å². The molecule has 0 bridgehead atoms. The molecule has 2 nitrogen and oxygen atoms in total. The fourth-order valence-electron chi connectivity index (χ4n) is 1.83. The van der Waals surface area contributed by atoms with Crippen LogP contribution in [0.4, 0.5) is 0 Å². The molecule has 0 amide bonds. The highest BCUT2D eigenvalue weighted by molar-refractivity contribution is 8.13. The molecular formula is C14H20N2S. The molecule has 2 rings (SSSR count). The van der Waals surface area contributed by atoms with Crippen molar-refractivity contribution in [1.82, 2.24) is 5.32 Å². The van der Waals surface area contributed by atoms with Crippen LogP contribution in [0, 0.1) is 0 Å². The zero-order chi connectivity index (χ0) is 12.1. The molecule has 0 radical (unpaired) electrons. The lowest BCUT2D eigenvalue weighted by Crippen LogP contribution is -2.48. The molecule has 1 N–H and O–H groups in total. The lowest BCUT2D eigenvalue weighted by molar-refractivity contribution is 0.390. The average Bonchev–Trinajstić information content (AvgIpc) is 2.38. The van der Waals surface area contributed by atoms with E-state index in [-0.39, 0.29) is 5.54 Å². The van der Waals surface area contributed by atoms with Crippen molar-refractivity contribution in [3.05, 3.63) is 35.9 Å². The Kier molecular flexibility index (Phi) is 4.11. The number of nitrogens with zero attached hydrogens (tertiary/aromatic N) is 1. The van der Waals surface area contributed by atoms with Crippen LogP contribution < -0.4 is 5.32 Å². The summed E-state index contributed by atoms with van der Waals surface area (Å²) >= 11 is 1.84. The number of nitrogens with one attached hydrogen (secondary N) is 1. The summed E-state index contributed by atoms with van der Waals surface area (Å²) in [5.41, 5.74) is 1.51. The predicted molar refractivity (Wildman–Crippen MR) is 76.5 cm³/mol. The number of benzene rings is 1. The molecule has 0 saturated carbocycles. The van der Waals surface area contributed by atoms with Crippen molar-refractivity contribution < 1.29 is 0 Å². The van der Waals surface area contributed by atoms with Crippen LogP contribution in [-0.2, 0) is 6.54 Å². The molecule has 1 unspecified atom stereocenters. The highest BCUT2D eigenvalue weighted by Crippen LogP contribution is 2.25. The molecule has 1 atom stereocenters. The molecule has 3 heteroatoms. The Balaban J connectivity index is 1.98. The van der Waals surface area contributed by atoms with Gasteiger partial charge < -0.3 is 5.32 Å². The average molecular weight is 248 g/mol. The molecule has 92 valence electrons.